The van der Waals surface area contributed by atoms with Gasteiger partial charge in [-0.25, -0.2) is 4.79 Å². The van der Waals surface area contributed by atoms with E-state index < -0.39 is 17.1 Å². The van der Waals surface area contributed by atoms with Crippen molar-refractivity contribution >= 4 is 17.7 Å². The Labute approximate surface area is 112 Å². The topological polar surface area (TPSA) is 72.6 Å². The molecule has 0 aliphatic heterocycles. The van der Waals surface area contributed by atoms with Gasteiger partial charge in [-0.05, 0) is 23.1 Å². The summed E-state index contributed by atoms with van der Waals surface area (Å²) in [7, 11) is 0. The number of halogens is 1. The lowest BCUT2D eigenvalue weighted by Crippen LogP contribution is -2.45. The highest BCUT2D eigenvalue weighted by Gasteiger charge is 2.43. The predicted molar refractivity (Wildman–Crippen MR) is 70.3 cm³/mol. The second kappa shape index (κ2) is 5.16. The van der Waals surface area contributed by atoms with E-state index in [1.54, 1.807) is 24.3 Å². The van der Waals surface area contributed by atoms with Gasteiger partial charge in [0.05, 0.1) is 0 Å². The summed E-state index contributed by atoms with van der Waals surface area (Å²) in [5, 5.41) is 11.3. The van der Waals surface area contributed by atoms with Gasteiger partial charge in [0, 0.05) is 5.02 Å². The number of nitrogens with two attached hydrogens (primary N) is 1. The van der Waals surface area contributed by atoms with Crippen LogP contribution in [0, 0.1) is 5.41 Å². The third-order valence-electron chi connectivity index (χ3n) is 2.97. The maximum atomic E-state index is 10.8. The summed E-state index contributed by atoms with van der Waals surface area (Å²) in [6, 6.07) is 6.83. The Morgan fingerprint density at radius 1 is 1.44 bits per heavy atom. The number of carbonyl (C=O) groups is 1. The minimum absolute atomic E-state index is 0.216. The summed E-state index contributed by atoms with van der Waals surface area (Å²) < 4.78 is 4.77. The van der Waals surface area contributed by atoms with Crippen LogP contribution in [0.4, 0.5) is 4.79 Å². The van der Waals surface area contributed by atoms with Gasteiger partial charge in [-0.15, -0.1) is 0 Å². The summed E-state index contributed by atoms with van der Waals surface area (Å²) in [4.78, 5) is 10.7. The van der Waals surface area contributed by atoms with Crippen LogP contribution in [0.3, 0.4) is 0 Å². The van der Waals surface area contributed by atoms with E-state index >= 15 is 0 Å². The summed E-state index contributed by atoms with van der Waals surface area (Å²) in [5.74, 6) is 0. The standard InChI is InChI=1S/C13H18ClNO3/c1-12(2,3)13(17,8-18-11(15)16)9-5-4-6-10(14)7-9/h4-7,17H,8H2,1-3H3,(H2,15,16)/t13-/m0/s1. The number of ether oxygens (including phenoxy) is 1. The Hall–Kier alpha value is -1.26. The van der Waals surface area contributed by atoms with Crippen LogP contribution in [0.15, 0.2) is 24.3 Å². The molecule has 1 atom stereocenters. The van der Waals surface area contributed by atoms with Crippen LogP contribution in [-0.2, 0) is 10.3 Å². The number of hydrogen-bond donors (Lipinski definition) is 2. The molecule has 0 bridgehead atoms. The van der Waals surface area contributed by atoms with Gasteiger partial charge in [-0.3, -0.25) is 0 Å². The van der Waals surface area contributed by atoms with Crippen molar-refractivity contribution < 1.29 is 14.6 Å². The van der Waals surface area contributed by atoms with Gasteiger partial charge >= 0.3 is 6.09 Å². The molecule has 1 amide bonds. The SMILES string of the molecule is CC(C)(C)[C@](O)(COC(N)=O)c1cccc(Cl)c1. The molecule has 0 aliphatic carbocycles. The number of primary amides is 1. The molecule has 100 valence electrons. The number of aliphatic hydroxyl groups is 1. The van der Waals surface area contributed by atoms with Crippen LogP contribution >= 0.6 is 11.6 Å². The Morgan fingerprint density at radius 2 is 2.06 bits per heavy atom. The molecule has 0 saturated carbocycles. The maximum absolute atomic E-state index is 10.8. The summed E-state index contributed by atoms with van der Waals surface area (Å²) in [6.07, 6.45) is -0.917. The molecular weight excluding hydrogens is 254 g/mol. The molecule has 0 aromatic heterocycles. The van der Waals surface area contributed by atoms with Gasteiger partial charge in [0.2, 0.25) is 0 Å². The van der Waals surface area contributed by atoms with Gasteiger partial charge in [-0.2, -0.15) is 0 Å². The van der Waals surface area contributed by atoms with E-state index in [1.165, 1.54) is 0 Å². The van der Waals surface area contributed by atoms with E-state index in [2.05, 4.69) is 0 Å². The Morgan fingerprint density at radius 3 is 2.50 bits per heavy atom. The summed E-state index contributed by atoms with van der Waals surface area (Å²) in [5.41, 5.74) is 3.64. The molecule has 18 heavy (non-hydrogen) atoms. The van der Waals surface area contributed by atoms with E-state index in [0.717, 1.165) is 0 Å². The zero-order valence-electron chi connectivity index (χ0n) is 10.7. The van der Waals surface area contributed by atoms with E-state index in [9.17, 15) is 9.90 Å². The molecule has 0 fully saturated rings. The fraction of sp³-hybridized carbons (Fsp3) is 0.462. The molecule has 0 spiro atoms. The third kappa shape index (κ3) is 3.15. The van der Waals surface area contributed by atoms with Crippen molar-refractivity contribution in [3.8, 4) is 0 Å². The zero-order valence-corrected chi connectivity index (χ0v) is 11.5. The van der Waals surface area contributed by atoms with Crippen LogP contribution < -0.4 is 5.73 Å². The molecular formula is C13H18ClNO3. The van der Waals surface area contributed by atoms with Gasteiger partial charge in [0.1, 0.15) is 12.2 Å². The van der Waals surface area contributed by atoms with Crippen LogP contribution in [0.1, 0.15) is 26.3 Å². The number of amides is 1. The number of hydrogen-bond acceptors (Lipinski definition) is 3. The Kier molecular flexibility index (Phi) is 4.24. The number of carbonyl (C=O) groups excluding carboxylic acids is 1. The summed E-state index contributed by atoms with van der Waals surface area (Å²) >= 11 is 5.92. The van der Waals surface area contributed by atoms with Gasteiger partial charge < -0.3 is 15.6 Å². The van der Waals surface area contributed by atoms with Crippen LogP contribution in [0.25, 0.3) is 0 Å². The van der Waals surface area contributed by atoms with Crippen molar-refractivity contribution in [1.82, 2.24) is 0 Å². The van der Waals surface area contributed by atoms with E-state index in [1.807, 2.05) is 20.8 Å². The Balaban J connectivity index is 3.16. The number of benzene rings is 1. The molecule has 0 aliphatic rings. The monoisotopic (exact) mass is 271 g/mol. The highest BCUT2D eigenvalue weighted by Crippen LogP contribution is 2.40. The average molecular weight is 272 g/mol. The first-order chi connectivity index (χ1) is 8.17. The fourth-order valence-electron chi connectivity index (χ4n) is 1.65. The molecule has 0 radical (unpaired) electrons. The maximum Gasteiger partial charge on any atom is 0.404 e. The molecule has 1 rings (SSSR count). The van der Waals surface area contributed by atoms with Crippen molar-refractivity contribution in [2.45, 2.75) is 26.4 Å². The highest BCUT2D eigenvalue weighted by atomic mass is 35.5. The normalized spacial score (nSPS) is 14.9. The fourth-order valence-corrected chi connectivity index (χ4v) is 1.84. The zero-order chi connectivity index (χ0) is 14.0. The lowest BCUT2D eigenvalue weighted by atomic mass is 9.72. The number of rotatable bonds is 3. The molecule has 0 heterocycles. The molecule has 5 heteroatoms. The molecule has 4 nitrogen and oxygen atoms in total. The molecule has 1 aromatic carbocycles. The minimum Gasteiger partial charge on any atom is -0.446 e. The highest BCUT2D eigenvalue weighted by molar-refractivity contribution is 6.30. The van der Waals surface area contributed by atoms with Gasteiger partial charge in [0.25, 0.3) is 0 Å². The smallest absolute Gasteiger partial charge is 0.404 e. The van der Waals surface area contributed by atoms with Crippen LogP contribution in [0.2, 0.25) is 5.02 Å². The second-order valence-electron chi connectivity index (χ2n) is 5.23. The van der Waals surface area contributed by atoms with Crippen molar-refractivity contribution in [3.63, 3.8) is 0 Å². The van der Waals surface area contributed by atoms with Crippen molar-refractivity contribution in [1.29, 1.82) is 0 Å². The second-order valence-corrected chi connectivity index (χ2v) is 5.66. The lowest BCUT2D eigenvalue weighted by Gasteiger charge is -2.40. The third-order valence-corrected chi connectivity index (χ3v) is 3.20. The first-order valence-electron chi connectivity index (χ1n) is 5.57. The van der Waals surface area contributed by atoms with Crippen molar-refractivity contribution in [2.75, 3.05) is 6.61 Å². The minimum atomic E-state index is -1.35. The molecule has 0 unspecified atom stereocenters. The first kappa shape index (κ1) is 14.8. The Bertz CT molecular complexity index is 442. The molecule has 3 N–H and O–H groups in total. The summed E-state index contributed by atoms with van der Waals surface area (Å²) in [6.45, 7) is 5.32. The van der Waals surface area contributed by atoms with E-state index in [0.29, 0.717) is 10.6 Å². The quantitative estimate of drug-likeness (QED) is 0.888. The predicted octanol–water partition coefficient (Wildman–Crippen LogP) is 2.67. The van der Waals surface area contributed by atoms with E-state index in [4.69, 9.17) is 22.1 Å². The van der Waals surface area contributed by atoms with Crippen LogP contribution in [-0.4, -0.2) is 17.8 Å². The molecule has 1 aromatic rings. The van der Waals surface area contributed by atoms with E-state index in [-0.39, 0.29) is 6.61 Å². The van der Waals surface area contributed by atoms with Gasteiger partial charge in [0.15, 0.2) is 0 Å². The van der Waals surface area contributed by atoms with Gasteiger partial charge in [-0.1, -0.05) is 44.5 Å². The lowest BCUT2D eigenvalue weighted by molar-refractivity contribution is -0.102. The first-order valence-corrected chi connectivity index (χ1v) is 5.95. The van der Waals surface area contributed by atoms with Crippen molar-refractivity contribution in [2.24, 2.45) is 11.1 Å². The van der Waals surface area contributed by atoms with Crippen LogP contribution in [0.5, 0.6) is 0 Å². The largest absolute Gasteiger partial charge is 0.446 e. The average Bonchev–Trinajstić information content (AvgIpc) is 2.24. The molecule has 0 saturated heterocycles. The van der Waals surface area contributed by atoms with Crippen molar-refractivity contribution in [3.05, 3.63) is 34.9 Å².